The van der Waals surface area contributed by atoms with Gasteiger partial charge < -0.3 is 5.73 Å². The van der Waals surface area contributed by atoms with Gasteiger partial charge in [-0.25, -0.2) is 12.8 Å². The van der Waals surface area contributed by atoms with Crippen LogP contribution in [0.2, 0.25) is 5.02 Å². The number of nitrogens with zero attached hydrogens (tertiary/aromatic N) is 1. The molecule has 0 atom stereocenters. The maximum Gasteiger partial charge on any atom is 0.247 e. The lowest BCUT2D eigenvalue weighted by Crippen LogP contribution is -2.33. The Bertz CT molecular complexity index is 738. The number of nitrogens with two attached hydrogens (primary N) is 1. The molecule has 0 radical (unpaired) electrons. The molecule has 0 aliphatic rings. The van der Waals surface area contributed by atoms with Crippen molar-refractivity contribution < 1.29 is 12.8 Å². The molecule has 0 spiro atoms. The van der Waals surface area contributed by atoms with E-state index in [4.69, 9.17) is 17.3 Å². The second kappa shape index (κ2) is 9.34. The lowest BCUT2D eigenvalue weighted by Gasteiger charge is -2.23. The van der Waals surface area contributed by atoms with Crippen LogP contribution in [-0.4, -0.2) is 25.8 Å². The van der Waals surface area contributed by atoms with Crippen molar-refractivity contribution in [1.29, 1.82) is 0 Å². The molecule has 2 rings (SSSR count). The van der Waals surface area contributed by atoms with Gasteiger partial charge in [-0.05, 0) is 30.7 Å². The van der Waals surface area contributed by atoms with Crippen LogP contribution in [0.25, 0.3) is 0 Å². The van der Waals surface area contributed by atoms with Crippen molar-refractivity contribution in [3.8, 4) is 0 Å². The van der Waals surface area contributed by atoms with Gasteiger partial charge in [0.25, 0.3) is 0 Å². The summed E-state index contributed by atoms with van der Waals surface area (Å²) in [5.41, 5.74) is 6.30. The molecule has 0 bridgehead atoms. The number of rotatable bonds is 7. The van der Waals surface area contributed by atoms with Crippen LogP contribution in [0.1, 0.15) is 12.0 Å². The number of hydrogen-bond donors (Lipinski definition) is 1. The molecular weight excluding hydrogens is 374 g/mol. The summed E-state index contributed by atoms with van der Waals surface area (Å²) in [6, 6.07) is 12.9. The van der Waals surface area contributed by atoms with E-state index in [0.29, 0.717) is 13.0 Å². The summed E-state index contributed by atoms with van der Waals surface area (Å²) in [7, 11) is -4.06. The largest absolute Gasteiger partial charge is 0.330 e. The molecule has 2 aromatic carbocycles. The third kappa shape index (κ3) is 4.91. The zero-order chi connectivity index (χ0) is 16.9. The Morgan fingerprint density at radius 2 is 1.75 bits per heavy atom. The van der Waals surface area contributed by atoms with Gasteiger partial charge >= 0.3 is 0 Å². The summed E-state index contributed by atoms with van der Waals surface area (Å²) >= 11 is 5.92. The molecule has 8 heteroatoms. The fourth-order valence-corrected chi connectivity index (χ4v) is 4.23. The Balaban J connectivity index is 0.00000288. The molecule has 0 saturated heterocycles. The van der Waals surface area contributed by atoms with Gasteiger partial charge in [0.05, 0.1) is 5.02 Å². The third-order valence-electron chi connectivity index (χ3n) is 3.33. The first kappa shape index (κ1) is 20.9. The molecule has 2 aromatic rings. The number of halogens is 3. The van der Waals surface area contributed by atoms with Gasteiger partial charge in [0.15, 0.2) is 0 Å². The Kier molecular flexibility index (Phi) is 8.12. The molecule has 0 fully saturated rings. The number of sulfonamides is 1. The van der Waals surface area contributed by atoms with Crippen LogP contribution < -0.4 is 5.73 Å². The molecule has 4 nitrogen and oxygen atoms in total. The zero-order valence-electron chi connectivity index (χ0n) is 12.9. The number of hydrogen-bond acceptors (Lipinski definition) is 3. The lowest BCUT2D eigenvalue weighted by atomic mass is 10.2. The monoisotopic (exact) mass is 392 g/mol. The van der Waals surface area contributed by atoms with E-state index in [1.165, 1.54) is 16.4 Å². The van der Waals surface area contributed by atoms with Crippen molar-refractivity contribution in [2.75, 3.05) is 13.1 Å². The highest BCUT2D eigenvalue weighted by Crippen LogP contribution is 2.28. The van der Waals surface area contributed by atoms with E-state index in [1.54, 1.807) is 0 Å². The van der Waals surface area contributed by atoms with Crippen molar-refractivity contribution in [1.82, 2.24) is 4.31 Å². The first-order chi connectivity index (χ1) is 11.0. The zero-order valence-corrected chi connectivity index (χ0v) is 15.2. The van der Waals surface area contributed by atoms with Gasteiger partial charge in [-0.15, -0.1) is 12.4 Å². The van der Waals surface area contributed by atoms with Crippen LogP contribution in [0.4, 0.5) is 4.39 Å². The van der Waals surface area contributed by atoms with Crippen molar-refractivity contribution in [2.24, 2.45) is 5.73 Å². The second-order valence-corrected chi connectivity index (χ2v) is 7.30. The fraction of sp³-hybridized carbons (Fsp3) is 0.250. The molecular formula is C16H19Cl2FN2O2S. The Hall–Kier alpha value is -1.18. The van der Waals surface area contributed by atoms with E-state index in [9.17, 15) is 12.8 Å². The van der Waals surface area contributed by atoms with E-state index in [1.807, 2.05) is 30.3 Å². The summed E-state index contributed by atoms with van der Waals surface area (Å²) in [4.78, 5) is -0.491. The molecule has 0 heterocycles. The number of benzene rings is 2. The maximum atomic E-state index is 14.1. The molecule has 0 aliphatic heterocycles. The van der Waals surface area contributed by atoms with Crippen LogP contribution in [0.5, 0.6) is 0 Å². The average molecular weight is 393 g/mol. The van der Waals surface area contributed by atoms with Crippen molar-refractivity contribution >= 4 is 34.0 Å². The van der Waals surface area contributed by atoms with Crippen LogP contribution in [0.3, 0.4) is 0 Å². The molecule has 0 saturated carbocycles. The van der Waals surface area contributed by atoms with Crippen LogP contribution in [0.15, 0.2) is 53.4 Å². The Labute approximate surface area is 152 Å². The first-order valence-corrected chi connectivity index (χ1v) is 8.96. The standard InChI is InChI=1S/C16H18ClFN2O2S.ClH/c17-14-8-4-9-15(18)16(14)23(21,22)20(11-5-10-19)12-13-6-2-1-3-7-13;/h1-4,6-9H,5,10-12,19H2;1H. The molecule has 132 valence electrons. The SMILES string of the molecule is Cl.NCCCN(Cc1ccccc1)S(=O)(=O)c1c(F)cccc1Cl. The van der Waals surface area contributed by atoms with E-state index < -0.39 is 20.7 Å². The predicted molar refractivity (Wildman–Crippen MR) is 96.4 cm³/mol. The van der Waals surface area contributed by atoms with Gasteiger partial charge in [0.2, 0.25) is 10.0 Å². The highest BCUT2D eigenvalue weighted by Gasteiger charge is 2.29. The molecule has 2 N–H and O–H groups in total. The Morgan fingerprint density at radius 1 is 1.08 bits per heavy atom. The van der Waals surface area contributed by atoms with Crippen molar-refractivity contribution in [2.45, 2.75) is 17.9 Å². The minimum Gasteiger partial charge on any atom is -0.330 e. The molecule has 0 amide bonds. The molecule has 0 aliphatic carbocycles. The fourth-order valence-electron chi connectivity index (χ4n) is 2.20. The molecule has 0 aromatic heterocycles. The van der Waals surface area contributed by atoms with E-state index in [2.05, 4.69) is 0 Å². The van der Waals surface area contributed by atoms with E-state index in [0.717, 1.165) is 11.6 Å². The van der Waals surface area contributed by atoms with Gasteiger partial charge in [-0.2, -0.15) is 4.31 Å². The summed E-state index contributed by atoms with van der Waals surface area (Å²) in [5, 5.41) is -0.129. The van der Waals surface area contributed by atoms with Gasteiger partial charge in [-0.1, -0.05) is 48.0 Å². The average Bonchev–Trinajstić information content (AvgIpc) is 2.52. The van der Waals surface area contributed by atoms with Gasteiger partial charge in [-0.3, -0.25) is 0 Å². The van der Waals surface area contributed by atoms with Gasteiger partial charge in [0.1, 0.15) is 10.7 Å². The summed E-state index contributed by atoms with van der Waals surface area (Å²) < 4.78 is 41.0. The van der Waals surface area contributed by atoms with Gasteiger partial charge in [0, 0.05) is 13.1 Å². The normalized spacial score (nSPS) is 11.3. The predicted octanol–water partition coefficient (Wildman–Crippen LogP) is 3.44. The van der Waals surface area contributed by atoms with E-state index >= 15 is 0 Å². The third-order valence-corrected chi connectivity index (χ3v) is 5.68. The summed E-state index contributed by atoms with van der Waals surface area (Å²) in [6.45, 7) is 0.665. The topological polar surface area (TPSA) is 63.4 Å². The Morgan fingerprint density at radius 3 is 2.33 bits per heavy atom. The minimum absolute atomic E-state index is 0. The van der Waals surface area contributed by atoms with Crippen LogP contribution in [0, 0.1) is 5.82 Å². The highest BCUT2D eigenvalue weighted by atomic mass is 35.5. The summed E-state index contributed by atoms with van der Waals surface area (Å²) in [5.74, 6) is -0.858. The molecule has 24 heavy (non-hydrogen) atoms. The highest BCUT2D eigenvalue weighted by molar-refractivity contribution is 7.89. The minimum atomic E-state index is -4.06. The van der Waals surface area contributed by atoms with E-state index in [-0.39, 0.29) is 30.5 Å². The molecule has 0 unspecified atom stereocenters. The maximum absolute atomic E-state index is 14.1. The van der Waals surface area contributed by atoms with Crippen molar-refractivity contribution in [3.05, 3.63) is 64.9 Å². The summed E-state index contributed by atoms with van der Waals surface area (Å²) in [6.07, 6.45) is 0.470. The lowest BCUT2D eigenvalue weighted by molar-refractivity contribution is 0.398. The van der Waals surface area contributed by atoms with Crippen LogP contribution in [-0.2, 0) is 16.6 Å². The first-order valence-electron chi connectivity index (χ1n) is 7.15. The van der Waals surface area contributed by atoms with Crippen LogP contribution >= 0.6 is 24.0 Å². The second-order valence-electron chi connectivity index (χ2n) is 5.02. The quantitative estimate of drug-likeness (QED) is 0.784. The smallest absolute Gasteiger partial charge is 0.247 e. The van der Waals surface area contributed by atoms with Crippen molar-refractivity contribution in [3.63, 3.8) is 0 Å².